The average Bonchev–Trinajstić information content (AvgIpc) is 2.67. The maximum Gasteiger partial charge on any atom is 1.00 e. The van der Waals surface area contributed by atoms with Gasteiger partial charge < -0.3 is 4.55 Å². The predicted octanol–water partition coefficient (Wildman–Crippen LogP) is 2.08. The van der Waals surface area contributed by atoms with Gasteiger partial charge in [-0.05, 0) is 57.3 Å². The van der Waals surface area contributed by atoms with E-state index in [1.54, 1.807) is 6.07 Å². The molecule has 0 aromatic heterocycles. The molecule has 0 saturated heterocycles. The first-order chi connectivity index (χ1) is 12.5. The van der Waals surface area contributed by atoms with Crippen molar-refractivity contribution in [2.45, 2.75) is 4.90 Å². The Morgan fingerprint density at radius 3 is 1.56 bits per heavy atom. The first-order valence-corrected chi connectivity index (χ1v) is 9.58. The molecule has 0 spiro atoms. The topological polar surface area (TPSA) is 57.2 Å². The van der Waals surface area contributed by atoms with Crippen molar-refractivity contribution in [3.8, 4) is 22.3 Å². The van der Waals surface area contributed by atoms with Crippen LogP contribution in [0.2, 0.25) is 0 Å². The SMILES string of the molecule is O=S(=O)([O-])c1ccc2cc(-c3ccccc3)c(-c3ccccc3)cc2c1.[Na+]. The van der Waals surface area contributed by atoms with Gasteiger partial charge in [0.25, 0.3) is 0 Å². The number of hydrogen-bond acceptors (Lipinski definition) is 3. The van der Waals surface area contributed by atoms with Crippen LogP contribution in [-0.4, -0.2) is 13.0 Å². The van der Waals surface area contributed by atoms with Gasteiger partial charge in [0, 0.05) is 0 Å². The number of fused-ring (bicyclic) bond motifs is 1. The smallest absolute Gasteiger partial charge is 0.744 e. The van der Waals surface area contributed by atoms with Crippen molar-refractivity contribution < 1.29 is 42.5 Å². The summed E-state index contributed by atoms with van der Waals surface area (Å²) in [5.74, 6) is 0. The Hall–Kier alpha value is -1.95. The van der Waals surface area contributed by atoms with Gasteiger partial charge in [0.1, 0.15) is 10.1 Å². The minimum absolute atomic E-state index is 0. The first kappa shape index (κ1) is 19.8. The molecule has 0 N–H and O–H groups in total. The van der Waals surface area contributed by atoms with Crippen molar-refractivity contribution in [1.82, 2.24) is 0 Å². The third-order valence-corrected chi connectivity index (χ3v) is 5.24. The summed E-state index contributed by atoms with van der Waals surface area (Å²) in [4.78, 5) is -0.212. The molecule has 0 heterocycles. The van der Waals surface area contributed by atoms with Crippen LogP contribution in [0.15, 0.2) is 95.9 Å². The van der Waals surface area contributed by atoms with Gasteiger partial charge >= 0.3 is 29.6 Å². The van der Waals surface area contributed by atoms with Gasteiger partial charge in [-0.3, -0.25) is 0 Å². The van der Waals surface area contributed by atoms with E-state index in [0.717, 1.165) is 33.0 Å². The molecule has 0 radical (unpaired) electrons. The van der Waals surface area contributed by atoms with Crippen LogP contribution in [0.25, 0.3) is 33.0 Å². The van der Waals surface area contributed by atoms with Crippen LogP contribution in [0, 0.1) is 0 Å². The summed E-state index contributed by atoms with van der Waals surface area (Å²) in [7, 11) is -4.48. The van der Waals surface area contributed by atoms with E-state index in [1.807, 2.05) is 72.8 Å². The molecule has 0 amide bonds. The fourth-order valence-electron chi connectivity index (χ4n) is 3.14. The second-order valence-corrected chi connectivity index (χ2v) is 7.47. The summed E-state index contributed by atoms with van der Waals surface area (Å²) in [6.07, 6.45) is 0. The van der Waals surface area contributed by atoms with Crippen LogP contribution in [0.3, 0.4) is 0 Å². The molecule has 27 heavy (non-hydrogen) atoms. The fourth-order valence-corrected chi connectivity index (χ4v) is 3.65. The van der Waals surface area contributed by atoms with Gasteiger partial charge in [0.05, 0.1) is 4.90 Å². The third-order valence-electron chi connectivity index (χ3n) is 4.41. The minimum atomic E-state index is -4.48. The van der Waals surface area contributed by atoms with Crippen molar-refractivity contribution in [2.75, 3.05) is 0 Å². The molecule has 0 atom stereocenters. The van der Waals surface area contributed by atoms with Crippen LogP contribution in [0.4, 0.5) is 0 Å². The normalized spacial score (nSPS) is 11.1. The predicted molar refractivity (Wildman–Crippen MR) is 103 cm³/mol. The zero-order chi connectivity index (χ0) is 18.1. The first-order valence-electron chi connectivity index (χ1n) is 8.17. The largest absolute Gasteiger partial charge is 1.00 e. The molecule has 0 aliphatic heterocycles. The van der Waals surface area contributed by atoms with Crippen molar-refractivity contribution in [2.24, 2.45) is 0 Å². The molecule has 0 fully saturated rings. The Labute approximate surface area is 180 Å². The third kappa shape index (κ3) is 4.15. The summed E-state index contributed by atoms with van der Waals surface area (Å²) in [5.41, 5.74) is 4.16. The van der Waals surface area contributed by atoms with Gasteiger partial charge in [0.15, 0.2) is 0 Å². The van der Waals surface area contributed by atoms with E-state index in [-0.39, 0.29) is 34.5 Å². The molecule has 5 heteroatoms. The van der Waals surface area contributed by atoms with E-state index in [4.69, 9.17) is 0 Å². The van der Waals surface area contributed by atoms with E-state index in [0.29, 0.717) is 0 Å². The van der Waals surface area contributed by atoms with Crippen LogP contribution >= 0.6 is 0 Å². The summed E-state index contributed by atoms with van der Waals surface area (Å²) >= 11 is 0. The van der Waals surface area contributed by atoms with Crippen LogP contribution in [0.5, 0.6) is 0 Å². The van der Waals surface area contributed by atoms with Crippen LogP contribution in [-0.2, 0) is 10.1 Å². The second kappa shape index (κ2) is 7.97. The summed E-state index contributed by atoms with van der Waals surface area (Å²) in [5, 5.41) is 1.61. The quantitative estimate of drug-likeness (QED) is 0.403. The molecule has 0 aliphatic rings. The Morgan fingerprint density at radius 2 is 1.07 bits per heavy atom. The maximum atomic E-state index is 11.4. The van der Waals surface area contributed by atoms with Crippen molar-refractivity contribution in [3.05, 3.63) is 91.0 Å². The Balaban J connectivity index is 0.00000210. The van der Waals surface area contributed by atoms with E-state index < -0.39 is 10.1 Å². The molecule has 4 aromatic rings. The molecule has 3 nitrogen and oxygen atoms in total. The zero-order valence-electron chi connectivity index (χ0n) is 14.8. The number of rotatable bonds is 3. The summed E-state index contributed by atoms with van der Waals surface area (Å²) in [6, 6.07) is 28.4. The van der Waals surface area contributed by atoms with E-state index in [2.05, 4.69) is 0 Å². The van der Waals surface area contributed by atoms with Crippen LogP contribution in [0.1, 0.15) is 0 Å². The summed E-state index contributed by atoms with van der Waals surface area (Å²) < 4.78 is 34.1. The minimum Gasteiger partial charge on any atom is -0.744 e. The van der Waals surface area contributed by atoms with E-state index >= 15 is 0 Å². The van der Waals surface area contributed by atoms with E-state index in [9.17, 15) is 13.0 Å². The van der Waals surface area contributed by atoms with Gasteiger partial charge in [-0.15, -0.1) is 0 Å². The summed E-state index contributed by atoms with van der Waals surface area (Å²) in [6.45, 7) is 0. The van der Waals surface area contributed by atoms with Crippen molar-refractivity contribution >= 4 is 20.9 Å². The van der Waals surface area contributed by atoms with Gasteiger partial charge in [-0.25, -0.2) is 8.42 Å². The average molecular weight is 382 g/mol. The molecule has 128 valence electrons. The molecule has 0 saturated carbocycles. The Morgan fingerprint density at radius 1 is 0.593 bits per heavy atom. The van der Waals surface area contributed by atoms with Gasteiger partial charge in [0.2, 0.25) is 0 Å². The van der Waals surface area contributed by atoms with Gasteiger partial charge in [-0.2, -0.15) is 0 Å². The monoisotopic (exact) mass is 382 g/mol. The van der Waals surface area contributed by atoms with Crippen molar-refractivity contribution in [1.29, 1.82) is 0 Å². The zero-order valence-corrected chi connectivity index (χ0v) is 17.6. The molecular weight excluding hydrogens is 367 g/mol. The van der Waals surface area contributed by atoms with Gasteiger partial charge in [-0.1, -0.05) is 66.7 Å². The molecular formula is C22H15NaO3S. The van der Waals surface area contributed by atoms with Crippen LogP contribution < -0.4 is 29.6 Å². The Bertz CT molecular complexity index is 1190. The molecule has 0 unspecified atom stereocenters. The molecule has 4 rings (SSSR count). The molecule has 0 aliphatic carbocycles. The maximum absolute atomic E-state index is 11.4. The molecule has 4 aromatic carbocycles. The number of hydrogen-bond donors (Lipinski definition) is 0. The number of benzene rings is 4. The standard InChI is InChI=1S/C22H16O3S.Na/c23-26(24,25)20-12-11-18-14-21(16-7-3-1-4-8-16)22(15-19(18)13-20)17-9-5-2-6-10-17;/h1-15H,(H,23,24,25);/q;+1/p-1. The molecule has 0 bridgehead atoms. The second-order valence-electron chi connectivity index (χ2n) is 6.09. The van der Waals surface area contributed by atoms with E-state index in [1.165, 1.54) is 12.1 Å². The van der Waals surface area contributed by atoms with Crippen molar-refractivity contribution in [3.63, 3.8) is 0 Å². The Kier molecular flexibility index (Phi) is 5.84. The fraction of sp³-hybridized carbons (Fsp3) is 0.